The van der Waals surface area contributed by atoms with Crippen molar-refractivity contribution in [3.63, 3.8) is 0 Å². The van der Waals surface area contributed by atoms with E-state index >= 15 is 0 Å². The summed E-state index contributed by atoms with van der Waals surface area (Å²) in [6, 6.07) is 7.49. The summed E-state index contributed by atoms with van der Waals surface area (Å²) in [6.07, 6.45) is 0.558. The number of hydrogen-bond donors (Lipinski definition) is 4. The maximum atomic E-state index is 14.4. The van der Waals surface area contributed by atoms with E-state index in [1.165, 1.54) is 18.2 Å². The van der Waals surface area contributed by atoms with Gasteiger partial charge in [0, 0.05) is 24.0 Å². The Morgan fingerprint density at radius 1 is 1.17 bits per heavy atom. The van der Waals surface area contributed by atoms with Gasteiger partial charge in [0.25, 0.3) is 0 Å². The second-order valence-electron chi connectivity index (χ2n) is 7.80. The molecule has 0 aliphatic heterocycles. The van der Waals surface area contributed by atoms with Crippen molar-refractivity contribution < 1.29 is 23.1 Å². The summed E-state index contributed by atoms with van der Waals surface area (Å²) in [5.41, 5.74) is 2.26. The van der Waals surface area contributed by atoms with Gasteiger partial charge < -0.3 is 20.7 Å². The largest absolute Gasteiger partial charge is 0.392 e. The van der Waals surface area contributed by atoms with Gasteiger partial charge in [-0.2, -0.15) is 0 Å². The number of aromatic nitrogens is 1. The van der Waals surface area contributed by atoms with Crippen LogP contribution in [0, 0.1) is 17.5 Å². The average Bonchev–Trinajstić information content (AvgIpc) is 3.02. The first-order valence-electron chi connectivity index (χ1n) is 9.80. The Balaban J connectivity index is 1.61. The van der Waals surface area contributed by atoms with Gasteiger partial charge in [-0.1, -0.05) is 0 Å². The number of rotatable bonds is 5. The smallest absolute Gasteiger partial charge is 0.315 e. The first kappa shape index (κ1) is 20.3. The molecule has 0 unspecified atom stereocenters. The van der Waals surface area contributed by atoms with E-state index in [-0.39, 0.29) is 35.9 Å². The number of nitrogens with one attached hydrogen (secondary N) is 3. The van der Waals surface area contributed by atoms with Crippen LogP contribution < -0.4 is 10.6 Å². The highest BCUT2D eigenvalue weighted by molar-refractivity contribution is 5.92. The fraction of sp³-hybridized carbons (Fsp3) is 0.318. The zero-order chi connectivity index (χ0) is 21.4. The quantitative estimate of drug-likeness (QED) is 0.503. The first-order chi connectivity index (χ1) is 14.3. The van der Waals surface area contributed by atoms with Crippen LogP contribution in [0.1, 0.15) is 31.2 Å². The molecule has 4 N–H and O–H groups in total. The molecule has 3 aromatic rings. The van der Waals surface area contributed by atoms with Crippen molar-refractivity contribution in [2.75, 3.05) is 6.54 Å². The van der Waals surface area contributed by atoms with Crippen LogP contribution in [0.5, 0.6) is 0 Å². The zero-order valence-electron chi connectivity index (χ0n) is 16.3. The van der Waals surface area contributed by atoms with Crippen molar-refractivity contribution in [2.45, 2.75) is 37.8 Å². The maximum absolute atomic E-state index is 14.4. The van der Waals surface area contributed by atoms with Gasteiger partial charge in [-0.25, -0.2) is 18.0 Å². The molecule has 30 heavy (non-hydrogen) atoms. The first-order valence-corrected chi connectivity index (χ1v) is 9.80. The van der Waals surface area contributed by atoms with Crippen LogP contribution in [0.15, 0.2) is 36.4 Å². The number of hydrogen-bond acceptors (Lipinski definition) is 2. The fourth-order valence-corrected chi connectivity index (χ4v) is 3.96. The monoisotopic (exact) mass is 417 g/mol. The van der Waals surface area contributed by atoms with Crippen LogP contribution in [0.3, 0.4) is 0 Å². The van der Waals surface area contributed by atoms with Gasteiger partial charge >= 0.3 is 6.03 Å². The molecule has 0 spiro atoms. The topological polar surface area (TPSA) is 77.2 Å². The molecule has 1 saturated carbocycles. The van der Waals surface area contributed by atoms with Crippen molar-refractivity contribution in [1.82, 2.24) is 15.6 Å². The summed E-state index contributed by atoms with van der Waals surface area (Å²) in [5, 5.41) is 15.1. The Morgan fingerprint density at radius 2 is 1.87 bits per heavy atom. The number of amides is 2. The molecule has 1 aromatic heterocycles. The lowest BCUT2D eigenvalue weighted by Crippen LogP contribution is -2.48. The molecule has 2 amide bonds. The second kappa shape index (κ2) is 8.02. The van der Waals surface area contributed by atoms with E-state index in [0.717, 1.165) is 11.6 Å². The molecule has 0 saturated heterocycles. The zero-order valence-corrected chi connectivity index (χ0v) is 16.3. The van der Waals surface area contributed by atoms with E-state index in [1.54, 1.807) is 19.1 Å². The Labute approximate surface area is 171 Å². The van der Waals surface area contributed by atoms with Gasteiger partial charge in [0.05, 0.1) is 17.3 Å². The van der Waals surface area contributed by atoms with Crippen molar-refractivity contribution in [2.24, 2.45) is 0 Å². The standard InChI is InChI=1S/C22H22F3N3O2/c1-11(29)10-26-22(30)27-16-6-13(7-16)19-17-8-15(24)9-18(25)21(17)28-20(19)12-2-4-14(23)5-3-12/h2-5,8-9,11,13,16,28-29H,6-7,10H2,1H3,(H2,26,27,30)/t11-,13-,16-/m1/s1. The number of benzene rings is 2. The Morgan fingerprint density at radius 3 is 2.53 bits per heavy atom. The van der Waals surface area contributed by atoms with E-state index in [9.17, 15) is 23.1 Å². The Kier molecular flexibility index (Phi) is 5.42. The molecule has 0 bridgehead atoms. The number of halogens is 3. The predicted molar refractivity (Wildman–Crippen MR) is 108 cm³/mol. The molecule has 4 rings (SSSR count). The van der Waals surface area contributed by atoms with E-state index in [0.29, 0.717) is 29.5 Å². The average molecular weight is 417 g/mol. The number of aliphatic hydroxyl groups excluding tert-OH is 1. The molecule has 158 valence electrons. The summed E-state index contributed by atoms with van der Waals surface area (Å²) in [4.78, 5) is 14.9. The minimum atomic E-state index is -0.689. The molecule has 5 nitrogen and oxygen atoms in total. The van der Waals surface area contributed by atoms with E-state index in [4.69, 9.17) is 0 Å². The lowest BCUT2D eigenvalue weighted by atomic mass is 9.74. The highest BCUT2D eigenvalue weighted by Crippen LogP contribution is 2.45. The normalized spacial score (nSPS) is 19.4. The number of urea groups is 1. The third-order valence-corrected chi connectivity index (χ3v) is 5.44. The molecule has 1 heterocycles. The van der Waals surface area contributed by atoms with Crippen LogP contribution in [0.25, 0.3) is 22.2 Å². The van der Waals surface area contributed by atoms with Crippen LogP contribution >= 0.6 is 0 Å². The Hall–Kier alpha value is -3.00. The van der Waals surface area contributed by atoms with Crippen LogP contribution in [0.2, 0.25) is 0 Å². The number of aromatic amines is 1. The molecule has 2 aromatic carbocycles. The van der Waals surface area contributed by atoms with Crippen LogP contribution in [-0.2, 0) is 0 Å². The maximum Gasteiger partial charge on any atom is 0.315 e. The molecule has 1 aliphatic rings. The summed E-state index contributed by atoms with van der Waals surface area (Å²) in [7, 11) is 0. The van der Waals surface area contributed by atoms with Gasteiger partial charge in [0.2, 0.25) is 0 Å². The number of carbonyl (C=O) groups is 1. The second-order valence-corrected chi connectivity index (χ2v) is 7.80. The van der Waals surface area contributed by atoms with Crippen LogP contribution in [-0.4, -0.2) is 34.8 Å². The van der Waals surface area contributed by atoms with E-state index in [2.05, 4.69) is 15.6 Å². The molecule has 0 radical (unpaired) electrons. The molecule has 1 aliphatic carbocycles. The van der Waals surface area contributed by atoms with Gasteiger partial charge in [0.1, 0.15) is 17.5 Å². The molecule has 1 fully saturated rings. The molecule has 8 heteroatoms. The predicted octanol–water partition coefficient (Wildman–Crippen LogP) is 4.18. The van der Waals surface area contributed by atoms with Gasteiger partial charge in [-0.05, 0) is 67.1 Å². The summed E-state index contributed by atoms with van der Waals surface area (Å²) < 4.78 is 41.7. The number of H-pyrrole nitrogens is 1. The summed E-state index contributed by atoms with van der Waals surface area (Å²) in [5.74, 6) is -1.77. The highest BCUT2D eigenvalue weighted by atomic mass is 19.1. The van der Waals surface area contributed by atoms with Crippen molar-refractivity contribution in [3.8, 4) is 11.3 Å². The SMILES string of the molecule is C[C@@H](O)CNC(=O)N[C@H]1C[C@H](c2c(-c3ccc(F)cc3)[nH]c3c(F)cc(F)cc32)C1. The molecular formula is C22H22F3N3O2. The third kappa shape index (κ3) is 4.00. The minimum Gasteiger partial charge on any atom is -0.392 e. The number of carbonyl (C=O) groups excluding carboxylic acids is 1. The third-order valence-electron chi connectivity index (χ3n) is 5.44. The fourth-order valence-electron chi connectivity index (χ4n) is 3.96. The van der Waals surface area contributed by atoms with Crippen LogP contribution in [0.4, 0.5) is 18.0 Å². The highest BCUT2D eigenvalue weighted by Gasteiger charge is 2.35. The van der Waals surface area contributed by atoms with Gasteiger partial charge in [-0.3, -0.25) is 0 Å². The number of aliphatic hydroxyl groups is 1. The van der Waals surface area contributed by atoms with E-state index in [1.807, 2.05) is 0 Å². The van der Waals surface area contributed by atoms with Crippen molar-refractivity contribution in [3.05, 3.63) is 59.4 Å². The summed E-state index contributed by atoms with van der Waals surface area (Å²) in [6.45, 7) is 1.73. The lowest BCUT2D eigenvalue weighted by Gasteiger charge is -2.36. The Bertz CT molecular complexity index is 1070. The molecular weight excluding hydrogens is 395 g/mol. The summed E-state index contributed by atoms with van der Waals surface area (Å²) >= 11 is 0. The molecule has 1 atom stereocenters. The van der Waals surface area contributed by atoms with Gasteiger partial charge in [-0.15, -0.1) is 0 Å². The van der Waals surface area contributed by atoms with Gasteiger partial charge in [0.15, 0.2) is 0 Å². The lowest BCUT2D eigenvalue weighted by molar-refractivity contribution is 0.183. The van der Waals surface area contributed by atoms with E-state index < -0.39 is 17.7 Å². The number of fused-ring (bicyclic) bond motifs is 1. The van der Waals surface area contributed by atoms with Crippen molar-refractivity contribution in [1.29, 1.82) is 0 Å². The minimum absolute atomic E-state index is 0.0259. The van der Waals surface area contributed by atoms with Crippen molar-refractivity contribution >= 4 is 16.9 Å².